The number of aromatic nitrogens is 2. The molecule has 1 fully saturated rings. The highest BCUT2D eigenvalue weighted by Gasteiger charge is 2.14. The highest BCUT2D eigenvalue weighted by atomic mass is 19.1. The molecule has 0 aliphatic carbocycles. The van der Waals surface area contributed by atoms with Gasteiger partial charge in [0.25, 0.3) is 0 Å². The zero-order valence-corrected chi connectivity index (χ0v) is 13.5. The van der Waals surface area contributed by atoms with Crippen molar-refractivity contribution in [2.75, 3.05) is 25.0 Å². The summed E-state index contributed by atoms with van der Waals surface area (Å²) in [7, 11) is 0. The van der Waals surface area contributed by atoms with Gasteiger partial charge < -0.3 is 10.6 Å². The Morgan fingerprint density at radius 1 is 1.30 bits per heavy atom. The maximum Gasteiger partial charge on any atom is 0.164 e. The van der Waals surface area contributed by atoms with E-state index in [1.165, 1.54) is 18.9 Å². The van der Waals surface area contributed by atoms with Crippen LogP contribution in [0.25, 0.3) is 11.4 Å². The van der Waals surface area contributed by atoms with Crippen molar-refractivity contribution >= 4 is 5.82 Å². The monoisotopic (exact) mass is 314 g/mol. The van der Waals surface area contributed by atoms with Gasteiger partial charge in [0.1, 0.15) is 11.6 Å². The third kappa shape index (κ3) is 4.05. The highest BCUT2D eigenvalue weighted by Crippen LogP contribution is 2.21. The van der Waals surface area contributed by atoms with E-state index >= 15 is 0 Å². The van der Waals surface area contributed by atoms with Gasteiger partial charge in [0.2, 0.25) is 0 Å². The van der Waals surface area contributed by atoms with Crippen LogP contribution in [0, 0.1) is 11.7 Å². The molecule has 1 unspecified atom stereocenters. The molecule has 5 heteroatoms. The number of halogens is 1. The van der Waals surface area contributed by atoms with Gasteiger partial charge in [-0.1, -0.05) is 19.1 Å². The van der Waals surface area contributed by atoms with Gasteiger partial charge in [-0.05, 0) is 50.4 Å². The number of rotatable bonds is 5. The summed E-state index contributed by atoms with van der Waals surface area (Å²) in [5.41, 5.74) is 1.37. The molecule has 2 N–H and O–H groups in total. The SMILES string of the molecule is CCc1cc(NCC2CCCNC2)nc(-c2ccccc2F)n1. The van der Waals surface area contributed by atoms with Gasteiger partial charge in [-0.2, -0.15) is 0 Å². The van der Waals surface area contributed by atoms with Crippen LogP contribution in [0.1, 0.15) is 25.5 Å². The summed E-state index contributed by atoms with van der Waals surface area (Å²) in [5.74, 6) is 1.55. The molecule has 1 aromatic carbocycles. The third-order valence-electron chi connectivity index (χ3n) is 4.23. The van der Waals surface area contributed by atoms with E-state index in [4.69, 9.17) is 0 Å². The molecule has 0 bridgehead atoms. The van der Waals surface area contributed by atoms with Gasteiger partial charge in [-0.3, -0.25) is 0 Å². The zero-order valence-electron chi connectivity index (χ0n) is 13.5. The summed E-state index contributed by atoms with van der Waals surface area (Å²) >= 11 is 0. The summed E-state index contributed by atoms with van der Waals surface area (Å²) in [6.45, 7) is 5.08. The maximum atomic E-state index is 14.0. The number of nitrogens with one attached hydrogen (secondary N) is 2. The molecule has 0 amide bonds. The number of hydrogen-bond acceptors (Lipinski definition) is 4. The molecule has 3 rings (SSSR count). The minimum Gasteiger partial charge on any atom is -0.370 e. The summed E-state index contributed by atoms with van der Waals surface area (Å²) in [5, 5.41) is 6.82. The number of aryl methyl sites for hydroxylation is 1. The van der Waals surface area contributed by atoms with Crippen LogP contribution in [0.5, 0.6) is 0 Å². The van der Waals surface area contributed by atoms with E-state index in [1.807, 2.05) is 13.0 Å². The lowest BCUT2D eigenvalue weighted by Crippen LogP contribution is -2.33. The number of piperidine rings is 1. The van der Waals surface area contributed by atoms with Crippen LogP contribution < -0.4 is 10.6 Å². The maximum absolute atomic E-state index is 14.0. The fourth-order valence-electron chi connectivity index (χ4n) is 2.88. The molecule has 2 aromatic rings. The van der Waals surface area contributed by atoms with Crippen molar-refractivity contribution in [3.63, 3.8) is 0 Å². The van der Waals surface area contributed by atoms with Crippen LogP contribution in [0.15, 0.2) is 30.3 Å². The van der Waals surface area contributed by atoms with Gasteiger partial charge in [-0.25, -0.2) is 14.4 Å². The van der Waals surface area contributed by atoms with Crippen LogP contribution in [-0.2, 0) is 6.42 Å². The zero-order chi connectivity index (χ0) is 16.1. The van der Waals surface area contributed by atoms with Crippen LogP contribution in [0.3, 0.4) is 0 Å². The van der Waals surface area contributed by atoms with Gasteiger partial charge in [0, 0.05) is 18.3 Å². The van der Waals surface area contributed by atoms with Crippen LogP contribution >= 0.6 is 0 Å². The molecular weight excluding hydrogens is 291 g/mol. The second-order valence-electron chi connectivity index (χ2n) is 5.99. The second kappa shape index (κ2) is 7.51. The molecule has 0 saturated carbocycles. The fourth-order valence-corrected chi connectivity index (χ4v) is 2.88. The first-order chi connectivity index (χ1) is 11.3. The van der Waals surface area contributed by atoms with E-state index in [0.717, 1.165) is 37.6 Å². The van der Waals surface area contributed by atoms with E-state index in [1.54, 1.807) is 18.2 Å². The second-order valence-corrected chi connectivity index (χ2v) is 5.99. The van der Waals surface area contributed by atoms with Crippen molar-refractivity contribution in [3.05, 3.63) is 41.8 Å². The van der Waals surface area contributed by atoms with E-state index in [0.29, 0.717) is 17.3 Å². The van der Waals surface area contributed by atoms with Gasteiger partial charge in [-0.15, -0.1) is 0 Å². The lowest BCUT2D eigenvalue weighted by Gasteiger charge is -2.23. The molecule has 23 heavy (non-hydrogen) atoms. The molecule has 4 nitrogen and oxygen atoms in total. The first kappa shape index (κ1) is 15.9. The van der Waals surface area contributed by atoms with E-state index in [9.17, 15) is 4.39 Å². The standard InChI is InChI=1S/C18H23FN4/c1-2-14-10-17(21-12-13-6-5-9-20-11-13)23-18(22-14)15-7-3-4-8-16(15)19/h3-4,7-8,10,13,20H,2,5-6,9,11-12H2,1H3,(H,21,22,23). The van der Waals surface area contributed by atoms with Crippen molar-refractivity contribution in [1.82, 2.24) is 15.3 Å². The van der Waals surface area contributed by atoms with Crippen molar-refractivity contribution in [2.45, 2.75) is 26.2 Å². The summed E-state index contributed by atoms with van der Waals surface area (Å²) in [6, 6.07) is 8.61. The fraction of sp³-hybridized carbons (Fsp3) is 0.444. The van der Waals surface area contributed by atoms with Crippen molar-refractivity contribution in [1.29, 1.82) is 0 Å². The molecule has 1 aromatic heterocycles. The largest absolute Gasteiger partial charge is 0.370 e. The molecule has 2 heterocycles. The first-order valence-corrected chi connectivity index (χ1v) is 8.33. The number of anilines is 1. The minimum absolute atomic E-state index is 0.289. The predicted octanol–water partition coefficient (Wildman–Crippen LogP) is 3.26. The van der Waals surface area contributed by atoms with Crippen molar-refractivity contribution < 1.29 is 4.39 Å². The van der Waals surface area contributed by atoms with E-state index < -0.39 is 0 Å². The van der Waals surface area contributed by atoms with Crippen LogP contribution in [0.2, 0.25) is 0 Å². The molecule has 1 saturated heterocycles. The summed E-state index contributed by atoms with van der Waals surface area (Å²) in [6.07, 6.45) is 3.24. The lowest BCUT2D eigenvalue weighted by molar-refractivity contribution is 0.392. The molecule has 1 aliphatic heterocycles. The number of hydrogen-bond donors (Lipinski definition) is 2. The Labute approximate surface area is 136 Å². The molecule has 1 aliphatic rings. The van der Waals surface area contributed by atoms with Crippen molar-refractivity contribution in [2.24, 2.45) is 5.92 Å². The minimum atomic E-state index is -0.289. The van der Waals surface area contributed by atoms with Crippen LogP contribution in [-0.4, -0.2) is 29.6 Å². The Morgan fingerprint density at radius 3 is 2.91 bits per heavy atom. The Kier molecular flexibility index (Phi) is 5.18. The van der Waals surface area contributed by atoms with Gasteiger partial charge in [0.05, 0.1) is 5.56 Å². The highest BCUT2D eigenvalue weighted by molar-refractivity contribution is 5.58. The smallest absolute Gasteiger partial charge is 0.164 e. The van der Waals surface area contributed by atoms with E-state index in [-0.39, 0.29) is 5.82 Å². The topological polar surface area (TPSA) is 49.8 Å². The van der Waals surface area contributed by atoms with Crippen molar-refractivity contribution in [3.8, 4) is 11.4 Å². The van der Waals surface area contributed by atoms with Gasteiger partial charge >= 0.3 is 0 Å². The molecular formula is C18H23FN4. The Hall–Kier alpha value is -2.01. The summed E-state index contributed by atoms with van der Waals surface area (Å²) < 4.78 is 14.0. The molecule has 1 atom stereocenters. The Morgan fingerprint density at radius 2 is 2.17 bits per heavy atom. The Bertz CT molecular complexity index is 653. The Balaban J connectivity index is 1.80. The first-order valence-electron chi connectivity index (χ1n) is 8.33. The molecule has 122 valence electrons. The average Bonchev–Trinajstić information content (AvgIpc) is 2.61. The molecule has 0 spiro atoms. The number of nitrogens with zero attached hydrogens (tertiary/aromatic N) is 2. The summed E-state index contributed by atoms with van der Waals surface area (Å²) in [4.78, 5) is 8.99. The van der Waals surface area contributed by atoms with Crippen LogP contribution in [0.4, 0.5) is 10.2 Å². The third-order valence-corrected chi connectivity index (χ3v) is 4.23. The van der Waals surface area contributed by atoms with Gasteiger partial charge in [0.15, 0.2) is 5.82 Å². The quantitative estimate of drug-likeness (QED) is 0.889. The van der Waals surface area contributed by atoms with E-state index in [2.05, 4.69) is 20.6 Å². The normalized spacial score (nSPS) is 17.9. The average molecular weight is 314 g/mol. The predicted molar refractivity (Wildman–Crippen MR) is 90.9 cm³/mol. The number of benzene rings is 1. The molecule has 0 radical (unpaired) electrons. The lowest BCUT2D eigenvalue weighted by atomic mass is 10.00.